The Balaban J connectivity index is 0.970. The van der Waals surface area contributed by atoms with E-state index in [0.717, 1.165) is 72.1 Å². The van der Waals surface area contributed by atoms with E-state index in [-0.39, 0.29) is 0 Å². The van der Waals surface area contributed by atoms with Crippen molar-refractivity contribution in [3.8, 4) is 56.0 Å². The average molecular weight is 817 g/mol. The molecule has 64 heavy (non-hydrogen) atoms. The lowest BCUT2D eigenvalue weighted by Gasteiger charge is -2.28. The highest BCUT2D eigenvalue weighted by atomic mass is 16.3. The Morgan fingerprint density at radius 2 is 0.875 bits per heavy atom. The van der Waals surface area contributed by atoms with Crippen LogP contribution in [0.1, 0.15) is 0 Å². The lowest BCUT2D eigenvalue weighted by molar-refractivity contribution is 0.620. The van der Waals surface area contributed by atoms with E-state index >= 15 is 0 Å². The van der Waals surface area contributed by atoms with Gasteiger partial charge in [0.15, 0.2) is 5.58 Å². The standard InChI is InChI=1S/C61H40N2O/c1-3-17-42(18-4-1)52-25-11-12-26-53(52)43-32-34-51(35-33-43)63(50-23-5-2-6-24-50)58-39-49(38-46-20-9-10-27-54(46)58)45-21-15-22-47(36-45)57-40-59-60(56-29-14-13-28-55(56)57)62-61(64-59)48-31-30-41-16-7-8-19-44(41)37-48/h1-40H. The first-order valence-electron chi connectivity index (χ1n) is 21.8. The molecule has 0 atom stereocenters. The lowest BCUT2D eigenvalue weighted by atomic mass is 9.93. The van der Waals surface area contributed by atoms with Gasteiger partial charge in [0.05, 0.1) is 5.69 Å². The topological polar surface area (TPSA) is 29.3 Å². The second-order valence-electron chi connectivity index (χ2n) is 16.3. The van der Waals surface area contributed by atoms with Crippen molar-refractivity contribution in [2.45, 2.75) is 0 Å². The zero-order valence-corrected chi connectivity index (χ0v) is 34.9. The number of rotatable bonds is 8. The maximum atomic E-state index is 6.60. The summed E-state index contributed by atoms with van der Waals surface area (Å²) in [7, 11) is 0. The zero-order chi connectivity index (χ0) is 42.4. The Kier molecular flexibility index (Phi) is 9.16. The van der Waals surface area contributed by atoms with Gasteiger partial charge < -0.3 is 9.32 Å². The van der Waals surface area contributed by atoms with Crippen LogP contribution >= 0.6 is 0 Å². The summed E-state index contributed by atoms with van der Waals surface area (Å²) in [6.45, 7) is 0. The van der Waals surface area contributed by atoms with Crippen molar-refractivity contribution in [1.29, 1.82) is 0 Å². The molecule has 0 aliphatic rings. The van der Waals surface area contributed by atoms with Gasteiger partial charge in [-0.25, -0.2) is 4.98 Å². The van der Waals surface area contributed by atoms with Crippen molar-refractivity contribution in [2.24, 2.45) is 0 Å². The molecule has 0 unspecified atom stereocenters. The first kappa shape index (κ1) is 37.2. The molecule has 0 N–H and O–H groups in total. The molecule has 1 heterocycles. The molecule has 0 aliphatic heterocycles. The number of anilines is 3. The summed E-state index contributed by atoms with van der Waals surface area (Å²) in [6, 6.07) is 86.7. The van der Waals surface area contributed by atoms with E-state index in [1.807, 2.05) is 0 Å². The fourth-order valence-corrected chi connectivity index (χ4v) is 9.35. The summed E-state index contributed by atoms with van der Waals surface area (Å²) in [5.41, 5.74) is 15.2. The van der Waals surface area contributed by atoms with E-state index < -0.39 is 0 Å². The van der Waals surface area contributed by atoms with E-state index in [2.05, 4.69) is 248 Å². The summed E-state index contributed by atoms with van der Waals surface area (Å²) in [5.74, 6) is 0.620. The number of aromatic nitrogens is 1. The maximum absolute atomic E-state index is 6.60. The van der Waals surface area contributed by atoms with Crippen LogP contribution in [0.4, 0.5) is 17.1 Å². The monoisotopic (exact) mass is 816 g/mol. The fourth-order valence-electron chi connectivity index (χ4n) is 9.35. The van der Waals surface area contributed by atoms with Gasteiger partial charge in [0, 0.05) is 27.7 Å². The summed E-state index contributed by atoms with van der Waals surface area (Å²) in [5, 5.41) is 6.90. The molecule has 0 fully saturated rings. The third kappa shape index (κ3) is 6.68. The van der Waals surface area contributed by atoms with Crippen LogP contribution in [0.2, 0.25) is 0 Å². The molecule has 0 bridgehead atoms. The van der Waals surface area contributed by atoms with Crippen LogP contribution < -0.4 is 4.90 Å². The number of para-hydroxylation sites is 1. The SMILES string of the molecule is c1ccc(-c2ccccc2-c2ccc(N(c3ccccc3)c3cc(-c4cccc(-c5cc6oc(-c7ccc8ccccc8c7)nc6c6ccccc56)c4)cc4ccccc34)cc2)cc1. The highest BCUT2D eigenvalue weighted by molar-refractivity contribution is 6.12. The van der Waals surface area contributed by atoms with Gasteiger partial charge in [0.2, 0.25) is 5.89 Å². The van der Waals surface area contributed by atoms with Crippen LogP contribution in [0, 0.1) is 0 Å². The molecule has 0 radical (unpaired) electrons. The van der Waals surface area contributed by atoms with E-state index in [1.165, 1.54) is 38.4 Å². The maximum Gasteiger partial charge on any atom is 0.227 e. The Morgan fingerprint density at radius 1 is 0.312 bits per heavy atom. The Hall–Kier alpha value is -8.53. The fraction of sp³-hybridized carbons (Fsp3) is 0. The number of hydrogen-bond donors (Lipinski definition) is 0. The molecule has 0 amide bonds. The molecule has 0 aliphatic carbocycles. The number of hydrogen-bond acceptors (Lipinski definition) is 3. The normalized spacial score (nSPS) is 11.4. The highest BCUT2D eigenvalue weighted by Crippen LogP contribution is 2.44. The molecular weight excluding hydrogens is 777 g/mol. The van der Waals surface area contributed by atoms with Crippen molar-refractivity contribution < 1.29 is 4.42 Å². The second-order valence-corrected chi connectivity index (χ2v) is 16.3. The number of fused-ring (bicyclic) bond motifs is 5. The predicted molar refractivity (Wildman–Crippen MR) is 268 cm³/mol. The minimum atomic E-state index is 0.620. The Morgan fingerprint density at radius 3 is 1.66 bits per heavy atom. The van der Waals surface area contributed by atoms with Gasteiger partial charge in [-0.15, -0.1) is 0 Å². The van der Waals surface area contributed by atoms with Crippen LogP contribution in [0.25, 0.3) is 99.4 Å². The third-order valence-electron chi connectivity index (χ3n) is 12.4. The van der Waals surface area contributed by atoms with Crippen LogP contribution in [-0.4, -0.2) is 4.98 Å². The summed E-state index contributed by atoms with van der Waals surface area (Å²) in [6.07, 6.45) is 0. The van der Waals surface area contributed by atoms with Gasteiger partial charge in [-0.05, 0) is 127 Å². The molecule has 11 aromatic carbocycles. The summed E-state index contributed by atoms with van der Waals surface area (Å²) < 4.78 is 6.60. The lowest BCUT2D eigenvalue weighted by Crippen LogP contribution is -2.10. The van der Waals surface area contributed by atoms with Crippen molar-refractivity contribution in [2.75, 3.05) is 4.90 Å². The Labute approximate surface area is 371 Å². The number of benzene rings is 11. The van der Waals surface area contributed by atoms with Crippen LogP contribution in [-0.2, 0) is 0 Å². The van der Waals surface area contributed by atoms with E-state index in [1.54, 1.807) is 0 Å². The summed E-state index contributed by atoms with van der Waals surface area (Å²) >= 11 is 0. The highest BCUT2D eigenvalue weighted by Gasteiger charge is 2.20. The first-order chi connectivity index (χ1) is 31.7. The van der Waals surface area contributed by atoms with Gasteiger partial charge in [0.1, 0.15) is 5.52 Å². The van der Waals surface area contributed by atoms with Crippen LogP contribution in [0.3, 0.4) is 0 Å². The molecule has 0 saturated carbocycles. The van der Waals surface area contributed by atoms with Crippen molar-refractivity contribution in [3.05, 3.63) is 243 Å². The van der Waals surface area contributed by atoms with Crippen molar-refractivity contribution in [1.82, 2.24) is 4.98 Å². The Bertz CT molecular complexity index is 3670. The molecule has 12 rings (SSSR count). The number of oxazole rings is 1. The molecule has 0 spiro atoms. The minimum absolute atomic E-state index is 0.620. The zero-order valence-electron chi connectivity index (χ0n) is 34.9. The second kappa shape index (κ2) is 15.7. The van der Waals surface area contributed by atoms with Gasteiger partial charge in [-0.1, -0.05) is 182 Å². The molecule has 0 saturated heterocycles. The molecular formula is C61H40N2O. The average Bonchev–Trinajstić information content (AvgIpc) is 3.82. The van der Waals surface area contributed by atoms with Crippen molar-refractivity contribution in [3.63, 3.8) is 0 Å². The molecule has 12 aromatic rings. The molecule has 1 aromatic heterocycles. The minimum Gasteiger partial charge on any atom is -0.436 e. The number of nitrogens with zero attached hydrogens (tertiary/aromatic N) is 2. The summed E-state index contributed by atoms with van der Waals surface area (Å²) in [4.78, 5) is 7.48. The largest absolute Gasteiger partial charge is 0.436 e. The van der Waals surface area contributed by atoms with Gasteiger partial charge in [0.25, 0.3) is 0 Å². The van der Waals surface area contributed by atoms with E-state index in [0.29, 0.717) is 5.89 Å². The van der Waals surface area contributed by atoms with E-state index in [4.69, 9.17) is 9.40 Å². The molecule has 300 valence electrons. The first-order valence-corrected chi connectivity index (χ1v) is 21.8. The van der Waals surface area contributed by atoms with Gasteiger partial charge in [-0.2, -0.15) is 0 Å². The predicted octanol–water partition coefficient (Wildman–Crippen LogP) is 17.1. The third-order valence-corrected chi connectivity index (χ3v) is 12.4. The van der Waals surface area contributed by atoms with E-state index in [9.17, 15) is 0 Å². The van der Waals surface area contributed by atoms with Gasteiger partial charge in [-0.3, -0.25) is 0 Å². The van der Waals surface area contributed by atoms with Crippen molar-refractivity contribution >= 4 is 60.5 Å². The quantitative estimate of drug-likeness (QED) is 0.153. The molecule has 3 heteroatoms. The molecule has 3 nitrogen and oxygen atoms in total. The smallest absolute Gasteiger partial charge is 0.227 e. The van der Waals surface area contributed by atoms with Crippen LogP contribution in [0.15, 0.2) is 247 Å². The van der Waals surface area contributed by atoms with Crippen LogP contribution in [0.5, 0.6) is 0 Å². The van der Waals surface area contributed by atoms with Gasteiger partial charge >= 0.3 is 0 Å².